The fraction of sp³-hybridized carbons (Fsp3) is 0.933. The summed E-state index contributed by atoms with van der Waals surface area (Å²) in [7, 11) is 0. The summed E-state index contributed by atoms with van der Waals surface area (Å²) in [5.41, 5.74) is -1.33. The van der Waals surface area contributed by atoms with Gasteiger partial charge in [0.05, 0.1) is 12.1 Å². The first-order valence-corrected chi connectivity index (χ1v) is 15.2. The van der Waals surface area contributed by atoms with E-state index >= 15 is 0 Å². The van der Waals surface area contributed by atoms with Crippen LogP contribution >= 0.6 is 0 Å². The maximum Gasteiger partial charge on any atom is 0.407 e. The molecule has 10 heteroatoms. The molecule has 0 aromatic rings. The molecule has 4 rings (SSSR count). The standard InChI is InChI=1S/2C15H27FN2O2/c2*1-10-9-15(5-7-17-8-6-15)12(11(10)16)18-13(19)20-14(2,3)4/h2*10-12,17H,5-9H2,1-4H3,(H,18,19)/t10-,11+,12+;10-,11-,12-/m11/s1. The zero-order valence-electron chi connectivity index (χ0n) is 25.9. The molecule has 2 amide bonds. The molecular formula is C30H54F2N4O4. The first-order valence-electron chi connectivity index (χ1n) is 15.2. The van der Waals surface area contributed by atoms with E-state index in [9.17, 15) is 18.4 Å². The summed E-state index contributed by atoms with van der Waals surface area (Å²) in [5.74, 6) is -0.0129. The number of halogens is 2. The lowest BCUT2D eigenvalue weighted by Crippen LogP contribution is -2.53. The monoisotopic (exact) mass is 572 g/mol. The minimum Gasteiger partial charge on any atom is -0.444 e. The van der Waals surface area contributed by atoms with Crippen molar-refractivity contribution in [1.82, 2.24) is 21.3 Å². The summed E-state index contributed by atoms with van der Waals surface area (Å²) < 4.78 is 39.6. The second kappa shape index (κ2) is 12.7. The summed E-state index contributed by atoms with van der Waals surface area (Å²) in [4.78, 5) is 24.0. The van der Waals surface area contributed by atoms with Crippen LogP contribution in [0.2, 0.25) is 0 Å². The van der Waals surface area contributed by atoms with Crippen LogP contribution in [0.15, 0.2) is 0 Å². The fourth-order valence-electron chi connectivity index (χ4n) is 7.31. The molecule has 4 N–H and O–H groups in total. The number of ether oxygens (including phenoxy) is 2. The van der Waals surface area contributed by atoms with Gasteiger partial charge in [-0.15, -0.1) is 0 Å². The Morgan fingerprint density at radius 1 is 0.675 bits per heavy atom. The molecule has 0 radical (unpaired) electrons. The van der Waals surface area contributed by atoms with E-state index in [2.05, 4.69) is 21.3 Å². The highest BCUT2D eigenvalue weighted by atomic mass is 19.1. The minimum absolute atomic E-state index is 0.00645. The normalized spacial score (nSPS) is 33.1. The molecule has 8 nitrogen and oxygen atoms in total. The molecule has 0 bridgehead atoms. The molecule has 0 aromatic carbocycles. The van der Waals surface area contributed by atoms with Crippen molar-refractivity contribution in [3.63, 3.8) is 0 Å². The van der Waals surface area contributed by atoms with Crippen LogP contribution in [0.25, 0.3) is 0 Å². The van der Waals surface area contributed by atoms with E-state index in [1.54, 1.807) is 0 Å². The Labute approximate surface area is 239 Å². The first-order chi connectivity index (χ1) is 18.5. The predicted molar refractivity (Wildman–Crippen MR) is 153 cm³/mol. The van der Waals surface area contributed by atoms with Crippen LogP contribution in [0.3, 0.4) is 0 Å². The van der Waals surface area contributed by atoms with Gasteiger partial charge < -0.3 is 30.7 Å². The number of alkyl carbamates (subject to hydrolysis) is 2. The van der Waals surface area contributed by atoms with Crippen molar-refractivity contribution < 1.29 is 27.8 Å². The zero-order valence-corrected chi connectivity index (χ0v) is 25.9. The summed E-state index contributed by atoms with van der Waals surface area (Å²) in [6.45, 7) is 18.3. The predicted octanol–water partition coefficient (Wildman–Crippen LogP) is 5.25. The number of carbonyl (C=O) groups excluding carboxylic acids is 2. The SMILES string of the molecule is C[C@@H]1CC2(CCNCC2)[C@@H](NC(=O)OC(C)(C)C)[C@H]1F.C[C@@H]1CC2(CCNCC2)[C@H](NC(=O)OC(C)(C)C)[C@@H]1F. The first kappa shape index (κ1) is 32.8. The van der Waals surface area contributed by atoms with Crippen molar-refractivity contribution >= 4 is 12.2 Å². The average molecular weight is 573 g/mol. The molecule has 4 fully saturated rings. The molecule has 2 spiro atoms. The third kappa shape index (κ3) is 8.20. The van der Waals surface area contributed by atoms with Crippen LogP contribution in [0.5, 0.6) is 0 Å². The second-order valence-corrected chi connectivity index (χ2v) is 14.7. The Morgan fingerprint density at radius 2 is 0.975 bits per heavy atom. The van der Waals surface area contributed by atoms with Gasteiger partial charge >= 0.3 is 12.2 Å². The smallest absolute Gasteiger partial charge is 0.407 e. The highest BCUT2D eigenvalue weighted by Crippen LogP contribution is 2.50. The molecule has 2 aliphatic heterocycles. The Morgan fingerprint density at radius 3 is 1.25 bits per heavy atom. The largest absolute Gasteiger partial charge is 0.444 e. The van der Waals surface area contributed by atoms with Crippen LogP contribution in [0.1, 0.15) is 93.9 Å². The van der Waals surface area contributed by atoms with Crippen LogP contribution in [0, 0.1) is 22.7 Å². The van der Waals surface area contributed by atoms with Crippen LogP contribution in [0.4, 0.5) is 18.4 Å². The molecule has 2 aliphatic carbocycles. The molecule has 2 saturated carbocycles. The molecule has 4 aliphatic rings. The van der Waals surface area contributed by atoms with Crippen molar-refractivity contribution in [1.29, 1.82) is 0 Å². The Hall–Kier alpha value is -1.68. The summed E-state index contributed by atoms with van der Waals surface area (Å²) in [6.07, 6.45) is 2.37. The molecule has 2 heterocycles. The van der Waals surface area contributed by atoms with Gasteiger partial charge in [-0.2, -0.15) is 0 Å². The third-order valence-electron chi connectivity index (χ3n) is 9.04. The van der Waals surface area contributed by atoms with E-state index in [0.717, 1.165) is 64.7 Å². The van der Waals surface area contributed by atoms with Crippen molar-refractivity contribution in [2.45, 2.75) is 130 Å². The lowest BCUT2D eigenvalue weighted by atomic mass is 9.74. The van der Waals surface area contributed by atoms with Crippen molar-refractivity contribution in [2.75, 3.05) is 26.2 Å². The number of carbonyl (C=O) groups is 2. The van der Waals surface area contributed by atoms with Gasteiger partial charge in [0.2, 0.25) is 0 Å². The van der Waals surface area contributed by atoms with Gasteiger partial charge in [0.15, 0.2) is 0 Å². The highest BCUT2D eigenvalue weighted by molar-refractivity contribution is 5.69. The van der Waals surface area contributed by atoms with E-state index < -0.39 is 47.8 Å². The maximum absolute atomic E-state index is 14.5. The lowest BCUT2D eigenvalue weighted by molar-refractivity contribution is 0.0379. The summed E-state index contributed by atoms with van der Waals surface area (Å²) in [6, 6.07) is -0.844. The van der Waals surface area contributed by atoms with Crippen molar-refractivity contribution in [3.8, 4) is 0 Å². The Kier molecular flexibility index (Phi) is 10.4. The van der Waals surface area contributed by atoms with Gasteiger partial charge in [0.25, 0.3) is 0 Å². The number of amides is 2. The molecular weight excluding hydrogens is 518 g/mol. The number of hydrogen-bond donors (Lipinski definition) is 4. The van der Waals surface area contributed by atoms with Crippen LogP contribution < -0.4 is 21.3 Å². The number of hydrogen-bond acceptors (Lipinski definition) is 6. The quantitative estimate of drug-likeness (QED) is 0.361. The van der Waals surface area contributed by atoms with Gasteiger partial charge in [-0.1, -0.05) is 13.8 Å². The van der Waals surface area contributed by atoms with Crippen molar-refractivity contribution in [3.05, 3.63) is 0 Å². The zero-order chi connectivity index (χ0) is 29.9. The van der Waals surface area contributed by atoms with E-state index in [-0.39, 0.29) is 22.7 Å². The number of rotatable bonds is 2. The maximum atomic E-state index is 14.5. The molecule has 0 unspecified atom stereocenters. The van der Waals surface area contributed by atoms with E-state index in [1.807, 2.05) is 55.4 Å². The van der Waals surface area contributed by atoms with E-state index in [1.165, 1.54) is 0 Å². The third-order valence-corrected chi connectivity index (χ3v) is 9.04. The second-order valence-electron chi connectivity index (χ2n) is 14.7. The lowest BCUT2D eigenvalue weighted by Gasteiger charge is -2.40. The highest BCUT2D eigenvalue weighted by Gasteiger charge is 2.54. The minimum atomic E-state index is -0.986. The molecule has 0 aromatic heterocycles. The van der Waals surface area contributed by atoms with Gasteiger partial charge in [-0.3, -0.25) is 0 Å². The number of piperidine rings is 2. The summed E-state index contributed by atoms with van der Waals surface area (Å²) >= 11 is 0. The molecule has 2 saturated heterocycles. The fourth-order valence-corrected chi connectivity index (χ4v) is 7.31. The van der Waals surface area contributed by atoms with Gasteiger partial charge in [0, 0.05) is 0 Å². The molecule has 40 heavy (non-hydrogen) atoms. The van der Waals surface area contributed by atoms with Crippen LogP contribution in [-0.4, -0.2) is 74.0 Å². The average Bonchev–Trinajstić information content (AvgIpc) is 3.17. The van der Waals surface area contributed by atoms with Gasteiger partial charge in [0.1, 0.15) is 23.5 Å². The van der Waals surface area contributed by atoms with Crippen molar-refractivity contribution in [2.24, 2.45) is 22.7 Å². The topological polar surface area (TPSA) is 101 Å². The van der Waals surface area contributed by atoms with Gasteiger partial charge in [-0.05, 0) is 129 Å². The Bertz CT molecular complexity index is 793. The van der Waals surface area contributed by atoms with Crippen LogP contribution in [-0.2, 0) is 9.47 Å². The van der Waals surface area contributed by atoms with Gasteiger partial charge in [-0.25, -0.2) is 18.4 Å². The summed E-state index contributed by atoms with van der Waals surface area (Å²) in [5, 5.41) is 12.2. The van der Waals surface area contributed by atoms with E-state index in [4.69, 9.17) is 9.47 Å². The van der Waals surface area contributed by atoms with E-state index in [0.29, 0.717) is 0 Å². The molecule has 232 valence electrons. The molecule has 6 atom stereocenters. The number of nitrogens with one attached hydrogen (secondary N) is 4. The number of alkyl halides is 2. The Balaban J connectivity index is 0.000000220.